The molecule has 120 valence electrons. The quantitative estimate of drug-likeness (QED) is 0.904. The number of rotatable bonds is 2. The highest BCUT2D eigenvalue weighted by Crippen LogP contribution is 2.28. The van der Waals surface area contributed by atoms with Crippen LogP contribution >= 0.6 is 11.6 Å². The van der Waals surface area contributed by atoms with Gasteiger partial charge in [0, 0.05) is 19.6 Å². The molecule has 1 aromatic rings. The van der Waals surface area contributed by atoms with Gasteiger partial charge in [0.2, 0.25) is 0 Å². The van der Waals surface area contributed by atoms with E-state index < -0.39 is 0 Å². The number of likely N-dealkylation sites (N-methyl/N-ethyl adjacent to an activating group) is 1. The highest BCUT2D eigenvalue weighted by molar-refractivity contribution is 6.33. The summed E-state index contributed by atoms with van der Waals surface area (Å²) in [7, 11) is 0. The Hall–Kier alpha value is -1.30. The Morgan fingerprint density at radius 1 is 1.45 bits per heavy atom. The van der Waals surface area contributed by atoms with Gasteiger partial charge in [-0.1, -0.05) is 18.5 Å². The zero-order valence-corrected chi connectivity index (χ0v) is 13.4. The molecule has 0 aliphatic carbocycles. The van der Waals surface area contributed by atoms with Crippen molar-refractivity contribution in [2.45, 2.75) is 25.5 Å². The summed E-state index contributed by atoms with van der Waals surface area (Å²) >= 11 is 6.14. The van der Waals surface area contributed by atoms with E-state index in [1.54, 1.807) is 6.07 Å². The Morgan fingerprint density at radius 2 is 2.27 bits per heavy atom. The third kappa shape index (κ3) is 2.93. The van der Waals surface area contributed by atoms with Gasteiger partial charge in [-0.25, -0.2) is 0 Å². The van der Waals surface area contributed by atoms with Crippen LogP contribution in [0.15, 0.2) is 18.2 Å². The number of likely N-dealkylation sites (tertiary alicyclic amines) is 1. The van der Waals surface area contributed by atoms with Crippen molar-refractivity contribution in [1.82, 2.24) is 9.80 Å². The lowest BCUT2D eigenvalue weighted by atomic mass is 9.97. The summed E-state index contributed by atoms with van der Waals surface area (Å²) in [5, 5.41) is 10.0. The van der Waals surface area contributed by atoms with Gasteiger partial charge in [-0.15, -0.1) is 0 Å². The van der Waals surface area contributed by atoms with Crippen LogP contribution in [0.5, 0.6) is 5.75 Å². The lowest BCUT2D eigenvalue weighted by Gasteiger charge is -2.47. The van der Waals surface area contributed by atoms with E-state index in [1.807, 2.05) is 4.90 Å². The average molecular weight is 325 g/mol. The number of phenolic OH excluding ortho intramolecular Hbond substituents is 1. The number of aromatic hydroxyl groups is 1. The number of nitrogens with zero attached hydrogens (tertiary/aromatic N) is 2. The Balaban J connectivity index is 1.85. The molecule has 5 nitrogen and oxygen atoms in total. The van der Waals surface area contributed by atoms with E-state index in [4.69, 9.17) is 16.3 Å². The lowest BCUT2D eigenvalue weighted by Crippen LogP contribution is -2.61. The minimum Gasteiger partial charge on any atom is -0.508 e. The van der Waals surface area contributed by atoms with E-state index in [1.165, 1.54) is 12.1 Å². The second-order valence-corrected chi connectivity index (χ2v) is 6.23. The van der Waals surface area contributed by atoms with Crippen molar-refractivity contribution in [3.8, 4) is 5.75 Å². The van der Waals surface area contributed by atoms with Crippen molar-refractivity contribution >= 4 is 17.5 Å². The molecule has 0 aromatic heterocycles. The van der Waals surface area contributed by atoms with Crippen molar-refractivity contribution in [3.63, 3.8) is 0 Å². The fourth-order valence-corrected chi connectivity index (χ4v) is 3.51. The molecule has 0 spiro atoms. The van der Waals surface area contributed by atoms with Crippen molar-refractivity contribution in [3.05, 3.63) is 28.8 Å². The van der Waals surface area contributed by atoms with Crippen LogP contribution in [0.2, 0.25) is 5.02 Å². The Morgan fingerprint density at radius 3 is 3.05 bits per heavy atom. The van der Waals surface area contributed by atoms with E-state index in [-0.39, 0.29) is 23.8 Å². The van der Waals surface area contributed by atoms with Crippen molar-refractivity contribution in [2.75, 3.05) is 32.8 Å². The number of carbonyl (C=O) groups excluding carboxylic acids is 1. The fraction of sp³-hybridized carbons (Fsp3) is 0.562. The van der Waals surface area contributed by atoms with Gasteiger partial charge in [-0.05, 0) is 31.2 Å². The molecule has 0 radical (unpaired) electrons. The molecule has 2 heterocycles. The Bertz CT molecular complexity index is 566. The topological polar surface area (TPSA) is 53.0 Å². The molecule has 3 rings (SSSR count). The van der Waals surface area contributed by atoms with E-state index >= 15 is 0 Å². The molecule has 1 aromatic carbocycles. The van der Waals surface area contributed by atoms with Crippen LogP contribution in [0.25, 0.3) is 0 Å². The second-order valence-electron chi connectivity index (χ2n) is 5.82. The molecular formula is C16H21ClN2O3. The second kappa shape index (κ2) is 6.44. The molecule has 2 aliphatic heterocycles. The first-order valence-corrected chi connectivity index (χ1v) is 8.11. The van der Waals surface area contributed by atoms with Crippen LogP contribution in [0, 0.1) is 0 Å². The van der Waals surface area contributed by atoms with E-state index in [0.717, 1.165) is 26.1 Å². The van der Waals surface area contributed by atoms with Crippen molar-refractivity contribution in [2.24, 2.45) is 0 Å². The number of piperidine rings is 1. The van der Waals surface area contributed by atoms with Gasteiger partial charge >= 0.3 is 0 Å². The van der Waals surface area contributed by atoms with Crippen molar-refractivity contribution < 1.29 is 14.6 Å². The third-order valence-electron chi connectivity index (χ3n) is 4.56. The van der Waals surface area contributed by atoms with Crippen LogP contribution < -0.4 is 0 Å². The summed E-state index contributed by atoms with van der Waals surface area (Å²) in [4.78, 5) is 17.1. The average Bonchev–Trinajstić information content (AvgIpc) is 2.55. The van der Waals surface area contributed by atoms with Crippen LogP contribution in [0.1, 0.15) is 23.7 Å². The van der Waals surface area contributed by atoms with Gasteiger partial charge in [0.05, 0.1) is 29.3 Å². The van der Waals surface area contributed by atoms with Crippen molar-refractivity contribution in [1.29, 1.82) is 0 Å². The highest BCUT2D eigenvalue weighted by Gasteiger charge is 2.39. The van der Waals surface area contributed by atoms with Gasteiger partial charge in [0.25, 0.3) is 5.91 Å². The SMILES string of the molecule is CCN1CC[C@H]2OCCN(C(=O)c3cc(O)ccc3Cl)[C@H]2C1. The first-order chi connectivity index (χ1) is 10.6. The van der Waals surface area contributed by atoms with E-state index in [9.17, 15) is 9.90 Å². The van der Waals surface area contributed by atoms with E-state index in [0.29, 0.717) is 23.7 Å². The third-order valence-corrected chi connectivity index (χ3v) is 4.89. The smallest absolute Gasteiger partial charge is 0.255 e. The van der Waals surface area contributed by atoms with Crippen LogP contribution in [-0.4, -0.2) is 65.7 Å². The molecule has 2 fully saturated rings. The number of halogens is 1. The maximum Gasteiger partial charge on any atom is 0.255 e. The number of hydrogen-bond acceptors (Lipinski definition) is 4. The molecule has 1 N–H and O–H groups in total. The standard InChI is InChI=1S/C16H21ClN2O3/c1-2-18-6-5-15-14(10-18)19(7-8-22-15)16(21)12-9-11(20)3-4-13(12)17/h3-4,9,14-15,20H,2,5-8,10H2,1H3/t14-,15+/m0/s1. The van der Waals surface area contributed by atoms with Crippen LogP contribution in [0.4, 0.5) is 0 Å². The van der Waals surface area contributed by atoms with E-state index in [2.05, 4.69) is 11.8 Å². The maximum atomic E-state index is 12.9. The number of hydrogen-bond donors (Lipinski definition) is 1. The van der Waals surface area contributed by atoms with Crippen LogP contribution in [-0.2, 0) is 4.74 Å². The van der Waals surface area contributed by atoms with Gasteiger partial charge < -0.3 is 19.6 Å². The molecule has 0 unspecified atom stereocenters. The predicted octanol–water partition coefficient (Wildman–Crippen LogP) is 1.98. The summed E-state index contributed by atoms with van der Waals surface area (Å²) in [6, 6.07) is 4.53. The zero-order valence-electron chi connectivity index (χ0n) is 12.7. The normalized spacial score (nSPS) is 25.8. The first-order valence-electron chi connectivity index (χ1n) is 7.73. The monoisotopic (exact) mass is 324 g/mol. The Labute approximate surface area is 135 Å². The molecule has 1 amide bonds. The molecular weight excluding hydrogens is 304 g/mol. The number of ether oxygens (including phenoxy) is 1. The minimum absolute atomic E-state index is 0.0494. The number of phenols is 1. The summed E-state index contributed by atoms with van der Waals surface area (Å²) < 4.78 is 5.84. The predicted molar refractivity (Wildman–Crippen MR) is 84.4 cm³/mol. The van der Waals surface area contributed by atoms with Gasteiger partial charge in [0.15, 0.2) is 0 Å². The first kappa shape index (κ1) is 15.6. The molecule has 2 atom stereocenters. The molecule has 2 saturated heterocycles. The van der Waals surface area contributed by atoms with Crippen LogP contribution in [0.3, 0.4) is 0 Å². The number of morpholine rings is 1. The molecule has 0 bridgehead atoms. The highest BCUT2D eigenvalue weighted by atomic mass is 35.5. The lowest BCUT2D eigenvalue weighted by molar-refractivity contribution is -0.0896. The molecule has 2 aliphatic rings. The minimum atomic E-state index is -0.128. The summed E-state index contributed by atoms with van der Waals surface area (Å²) in [5.41, 5.74) is 0.357. The number of fused-ring (bicyclic) bond motifs is 1. The maximum absolute atomic E-state index is 12.9. The van der Waals surface area contributed by atoms with Gasteiger partial charge in [0.1, 0.15) is 5.75 Å². The number of carbonyl (C=O) groups is 1. The van der Waals surface area contributed by atoms with Gasteiger partial charge in [-0.2, -0.15) is 0 Å². The molecule has 0 saturated carbocycles. The number of amides is 1. The summed E-state index contributed by atoms with van der Waals surface area (Å²) in [5.74, 6) is -0.0754. The summed E-state index contributed by atoms with van der Waals surface area (Å²) in [6.45, 7) is 6.04. The number of benzene rings is 1. The zero-order chi connectivity index (χ0) is 15.7. The fourth-order valence-electron chi connectivity index (χ4n) is 3.31. The Kier molecular flexibility index (Phi) is 4.57. The molecule has 6 heteroatoms. The summed E-state index contributed by atoms with van der Waals surface area (Å²) in [6.07, 6.45) is 1.03. The van der Waals surface area contributed by atoms with Gasteiger partial charge in [-0.3, -0.25) is 4.79 Å². The molecule has 22 heavy (non-hydrogen) atoms. The largest absolute Gasteiger partial charge is 0.508 e.